The second-order valence-corrected chi connectivity index (χ2v) is 6.93. The van der Waals surface area contributed by atoms with Gasteiger partial charge in [-0.2, -0.15) is 0 Å². The highest BCUT2D eigenvalue weighted by Gasteiger charge is 2.17. The van der Waals surface area contributed by atoms with Crippen LogP contribution in [-0.2, 0) is 13.5 Å². The highest BCUT2D eigenvalue weighted by Crippen LogP contribution is 2.22. The molecule has 2 heterocycles. The molecule has 0 spiro atoms. The molecule has 0 aliphatic carbocycles. The fourth-order valence-corrected chi connectivity index (χ4v) is 3.27. The van der Waals surface area contributed by atoms with E-state index in [1.54, 1.807) is 48.3 Å². The smallest absolute Gasteiger partial charge is 0.286 e. The molecule has 2 aromatic carbocycles. The van der Waals surface area contributed by atoms with E-state index in [2.05, 4.69) is 9.97 Å². The SMILES string of the molecule is Cn1cnc2c(=O)n(-c3ccc(Cl)cc3)c(Cc3ccc(F)cc3Cl)nc21. The van der Waals surface area contributed by atoms with Crippen molar-refractivity contribution in [3.05, 3.63) is 86.4 Å². The van der Waals surface area contributed by atoms with Gasteiger partial charge in [-0.1, -0.05) is 29.3 Å². The molecule has 0 N–H and O–H groups in total. The van der Waals surface area contributed by atoms with Crippen LogP contribution in [0, 0.1) is 5.82 Å². The van der Waals surface area contributed by atoms with E-state index in [1.165, 1.54) is 16.7 Å². The van der Waals surface area contributed by atoms with Crippen molar-refractivity contribution < 1.29 is 4.39 Å². The zero-order valence-electron chi connectivity index (χ0n) is 14.2. The van der Waals surface area contributed by atoms with Crippen molar-refractivity contribution in [1.29, 1.82) is 0 Å². The molecule has 0 saturated carbocycles. The molecule has 4 rings (SSSR count). The van der Waals surface area contributed by atoms with Crippen molar-refractivity contribution in [3.8, 4) is 5.69 Å². The van der Waals surface area contributed by atoms with Gasteiger partial charge >= 0.3 is 0 Å². The molecule has 0 aliphatic rings. The van der Waals surface area contributed by atoms with E-state index < -0.39 is 5.82 Å². The lowest BCUT2D eigenvalue weighted by molar-refractivity contribution is 0.627. The van der Waals surface area contributed by atoms with Gasteiger partial charge in [-0.25, -0.2) is 14.4 Å². The van der Waals surface area contributed by atoms with Gasteiger partial charge in [-0.15, -0.1) is 0 Å². The Morgan fingerprint density at radius 3 is 2.56 bits per heavy atom. The quantitative estimate of drug-likeness (QED) is 0.516. The minimum Gasteiger partial charge on any atom is -0.318 e. The van der Waals surface area contributed by atoms with Gasteiger partial charge in [-0.3, -0.25) is 9.36 Å². The second kappa shape index (κ2) is 6.79. The zero-order chi connectivity index (χ0) is 19.1. The first-order chi connectivity index (χ1) is 12.9. The van der Waals surface area contributed by atoms with Crippen molar-refractivity contribution in [2.45, 2.75) is 6.42 Å². The van der Waals surface area contributed by atoms with E-state index in [4.69, 9.17) is 23.2 Å². The standard InChI is InChI=1S/C19H13Cl2FN4O/c1-25-10-23-17-18(25)24-16(8-11-2-5-13(22)9-15(11)21)26(19(17)27)14-6-3-12(20)4-7-14/h2-7,9-10H,8H2,1H3. The highest BCUT2D eigenvalue weighted by molar-refractivity contribution is 6.31. The molecule has 136 valence electrons. The summed E-state index contributed by atoms with van der Waals surface area (Å²) in [4.78, 5) is 21.9. The summed E-state index contributed by atoms with van der Waals surface area (Å²) >= 11 is 12.1. The molecule has 0 unspecified atom stereocenters. The number of hydrogen-bond acceptors (Lipinski definition) is 3. The molecule has 0 amide bonds. The lowest BCUT2D eigenvalue weighted by Gasteiger charge is -2.13. The third-order valence-corrected chi connectivity index (χ3v) is 4.86. The summed E-state index contributed by atoms with van der Waals surface area (Å²) in [6.45, 7) is 0. The Labute approximate surface area is 163 Å². The minimum atomic E-state index is -0.422. The van der Waals surface area contributed by atoms with E-state index in [-0.39, 0.29) is 22.5 Å². The summed E-state index contributed by atoms with van der Waals surface area (Å²) in [7, 11) is 1.77. The van der Waals surface area contributed by atoms with Crippen LogP contribution in [0.5, 0.6) is 0 Å². The Morgan fingerprint density at radius 2 is 1.85 bits per heavy atom. The first-order valence-corrected chi connectivity index (χ1v) is 8.82. The van der Waals surface area contributed by atoms with Crippen molar-refractivity contribution in [3.63, 3.8) is 0 Å². The average Bonchev–Trinajstić information content (AvgIpc) is 3.00. The number of aromatic nitrogens is 4. The highest BCUT2D eigenvalue weighted by atomic mass is 35.5. The first-order valence-electron chi connectivity index (χ1n) is 8.07. The number of halogens is 3. The normalized spacial score (nSPS) is 11.3. The molecular weight excluding hydrogens is 390 g/mol. The molecule has 0 bridgehead atoms. The van der Waals surface area contributed by atoms with Gasteiger partial charge in [0.05, 0.1) is 12.0 Å². The number of fused-ring (bicyclic) bond motifs is 1. The molecule has 0 saturated heterocycles. The summed E-state index contributed by atoms with van der Waals surface area (Å²) in [6.07, 6.45) is 1.79. The lowest BCUT2D eigenvalue weighted by Crippen LogP contribution is -2.24. The molecule has 0 fully saturated rings. The Hall–Kier alpha value is -2.70. The molecule has 2 aromatic heterocycles. The number of imidazole rings is 1. The van der Waals surface area contributed by atoms with Gasteiger partial charge in [0.2, 0.25) is 0 Å². The number of benzene rings is 2. The van der Waals surface area contributed by atoms with Gasteiger partial charge in [0, 0.05) is 23.5 Å². The maximum Gasteiger partial charge on any atom is 0.286 e. The topological polar surface area (TPSA) is 52.7 Å². The van der Waals surface area contributed by atoms with Crippen molar-refractivity contribution in [1.82, 2.24) is 19.1 Å². The second-order valence-electron chi connectivity index (χ2n) is 6.09. The van der Waals surface area contributed by atoms with Gasteiger partial charge < -0.3 is 4.57 Å². The molecular formula is C19H13Cl2FN4O. The van der Waals surface area contributed by atoms with E-state index in [0.717, 1.165) is 0 Å². The largest absolute Gasteiger partial charge is 0.318 e. The molecule has 0 atom stereocenters. The number of rotatable bonds is 3. The third-order valence-electron chi connectivity index (χ3n) is 4.25. The predicted molar refractivity (Wildman–Crippen MR) is 103 cm³/mol. The minimum absolute atomic E-state index is 0.248. The Bertz CT molecular complexity index is 1220. The number of nitrogens with zero attached hydrogens (tertiary/aromatic N) is 4. The number of hydrogen-bond donors (Lipinski definition) is 0. The van der Waals surface area contributed by atoms with Crippen molar-refractivity contribution in [2.24, 2.45) is 7.05 Å². The van der Waals surface area contributed by atoms with Crippen molar-refractivity contribution >= 4 is 34.4 Å². The molecule has 27 heavy (non-hydrogen) atoms. The van der Waals surface area contributed by atoms with Crippen LogP contribution in [0.25, 0.3) is 16.9 Å². The summed E-state index contributed by atoms with van der Waals surface area (Å²) < 4.78 is 16.5. The summed E-state index contributed by atoms with van der Waals surface area (Å²) in [5.74, 6) is 0.0424. The van der Waals surface area contributed by atoms with Crippen LogP contribution in [0.4, 0.5) is 4.39 Å². The van der Waals surface area contributed by atoms with Crippen LogP contribution in [0.15, 0.2) is 53.6 Å². The van der Waals surface area contributed by atoms with Crippen molar-refractivity contribution in [2.75, 3.05) is 0 Å². The molecule has 8 heteroatoms. The maximum absolute atomic E-state index is 13.4. The van der Waals surface area contributed by atoms with Crippen LogP contribution < -0.4 is 5.56 Å². The van der Waals surface area contributed by atoms with E-state index in [0.29, 0.717) is 27.7 Å². The Balaban J connectivity index is 1.96. The third kappa shape index (κ3) is 3.22. The van der Waals surface area contributed by atoms with E-state index >= 15 is 0 Å². The first kappa shape index (κ1) is 17.7. The van der Waals surface area contributed by atoms with Crippen LogP contribution in [-0.4, -0.2) is 19.1 Å². The van der Waals surface area contributed by atoms with Crippen LogP contribution in [0.3, 0.4) is 0 Å². The Kier molecular flexibility index (Phi) is 4.45. The van der Waals surface area contributed by atoms with E-state index in [9.17, 15) is 9.18 Å². The van der Waals surface area contributed by atoms with Gasteiger partial charge in [0.15, 0.2) is 11.2 Å². The zero-order valence-corrected chi connectivity index (χ0v) is 15.7. The van der Waals surface area contributed by atoms with E-state index in [1.807, 2.05) is 0 Å². The predicted octanol–water partition coefficient (Wildman–Crippen LogP) is 4.16. The van der Waals surface area contributed by atoms with Gasteiger partial charge in [0.1, 0.15) is 11.6 Å². The number of aryl methyl sites for hydroxylation is 1. The fraction of sp³-hybridized carbons (Fsp3) is 0.105. The van der Waals surface area contributed by atoms with Gasteiger partial charge in [-0.05, 0) is 42.0 Å². The van der Waals surface area contributed by atoms with Crippen LogP contribution in [0.2, 0.25) is 10.0 Å². The Morgan fingerprint density at radius 1 is 1.11 bits per heavy atom. The molecule has 0 aliphatic heterocycles. The molecule has 5 nitrogen and oxygen atoms in total. The summed E-state index contributed by atoms with van der Waals surface area (Å²) in [5.41, 5.74) is 1.71. The van der Waals surface area contributed by atoms with Gasteiger partial charge in [0.25, 0.3) is 5.56 Å². The molecule has 4 aromatic rings. The lowest BCUT2D eigenvalue weighted by atomic mass is 10.1. The fourth-order valence-electron chi connectivity index (χ4n) is 2.91. The monoisotopic (exact) mass is 402 g/mol. The summed E-state index contributed by atoms with van der Waals surface area (Å²) in [6, 6.07) is 11.0. The molecule has 0 radical (unpaired) electrons. The van der Waals surface area contributed by atoms with Crippen LogP contribution in [0.1, 0.15) is 11.4 Å². The average molecular weight is 403 g/mol. The summed E-state index contributed by atoms with van der Waals surface area (Å²) in [5, 5.41) is 0.832. The van der Waals surface area contributed by atoms with Crippen LogP contribution >= 0.6 is 23.2 Å². The maximum atomic E-state index is 13.4.